The van der Waals surface area contributed by atoms with Crippen LogP contribution in [-0.2, 0) is 9.59 Å². The number of likely N-dealkylation sites (tertiary alicyclic amines) is 1. The Morgan fingerprint density at radius 2 is 2.00 bits per heavy atom. The third-order valence-corrected chi connectivity index (χ3v) is 4.02. The number of nitrogens with zero attached hydrogens (tertiary/aromatic N) is 1. The Kier molecular flexibility index (Phi) is 3.38. The number of nitrogens with one attached hydrogen (secondary N) is 1. The predicted octanol–water partition coefficient (Wildman–Crippen LogP) is 0.452. The van der Waals surface area contributed by atoms with Gasteiger partial charge in [0.15, 0.2) is 0 Å². The number of amides is 1. The van der Waals surface area contributed by atoms with Gasteiger partial charge in [0.1, 0.15) is 6.04 Å². The zero-order chi connectivity index (χ0) is 12.5. The van der Waals surface area contributed by atoms with E-state index >= 15 is 0 Å². The number of hydrogen-bond donors (Lipinski definition) is 2. The van der Waals surface area contributed by atoms with Crippen molar-refractivity contribution >= 4 is 11.9 Å². The average molecular weight is 240 g/mol. The smallest absolute Gasteiger partial charge is 0.326 e. The minimum atomic E-state index is -0.867. The molecule has 2 aliphatic heterocycles. The quantitative estimate of drug-likeness (QED) is 0.735. The number of hydrogen-bond acceptors (Lipinski definition) is 3. The minimum absolute atomic E-state index is 0.0314. The lowest BCUT2D eigenvalue weighted by atomic mass is 9.79. The maximum atomic E-state index is 12.5. The highest BCUT2D eigenvalue weighted by Gasteiger charge is 2.43. The molecule has 0 bridgehead atoms. The molecule has 96 valence electrons. The number of rotatable bonds is 2. The highest BCUT2D eigenvalue weighted by molar-refractivity contribution is 5.88. The van der Waals surface area contributed by atoms with Gasteiger partial charge in [0.2, 0.25) is 5.91 Å². The minimum Gasteiger partial charge on any atom is -0.480 e. The first-order chi connectivity index (χ1) is 8.04. The van der Waals surface area contributed by atoms with Gasteiger partial charge in [-0.3, -0.25) is 4.79 Å². The van der Waals surface area contributed by atoms with E-state index < -0.39 is 12.0 Å². The number of piperidine rings is 1. The van der Waals surface area contributed by atoms with Crippen molar-refractivity contribution in [1.82, 2.24) is 10.2 Å². The Morgan fingerprint density at radius 1 is 1.35 bits per heavy atom. The molecule has 2 saturated heterocycles. The molecule has 0 spiro atoms. The molecule has 17 heavy (non-hydrogen) atoms. The summed E-state index contributed by atoms with van der Waals surface area (Å²) < 4.78 is 0. The zero-order valence-electron chi connectivity index (χ0n) is 10.2. The van der Waals surface area contributed by atoms with E-state index in [4.69, 9.17) is 5.11 Å². The lowest BCUT2D eigenvalue weighted by Crippen LogP contribution is -2.50. The topological polar surface area (TPSA) is 69.6 Å². The number of carbonyl (C=O) groups is 2. The second-order valence-corrected chi connectivity index (χ2v) is 5.31. The summed E-state index contributed by atoms with van der Waals surface area (Å²) in [4.78, 5) is 25.1. The highest BCUT2D eigenvalue weighted by Crippen LogP contribution is 2.33. The van der Waals surface area contributed by atoms with E-state index in [1.54, 1.807) is 4.90 Å². The first-order valence-corrected chi connectivity index (χ1v) is 6.29. The van der Waals surface area contributed by atoms with Crippen molar-refractivity contribution in [2.75, 3.05) is 19.6 Å². The summed E-state index contributed by atoms with van der Waals surface area (Å²) in [6, 6.07) is -0.603. The molecule has 0 aromatic rings. The van der Waals surface area contributed by atoms with E-state index in [1.165, 1.54) is 0 Å². The summed E-state index contributed by atoms with van der Waals surface area (Å²) in [5.41, 5.74) is -0.372. The van der Waals surface area contributed by atoms with E-state index in [-0.39, 0.29) is 11.3 Å². The highest BCUT2D eigenvalue weighted by atomic mass is 16.4. The molecule has 2 heterocycles. The molecule has 5 nitrogen and oxygen atoms in total. The third-order valence-electron chi connectivity index (χ3n) is 4.02. The molecule has 1 amide bonds. The van der Waals surface area contributed by atoms with Crippen molar-refractivity contribution in [3.8, 4) is 0 Å². The van der Waals surface area contributed by atoms with Gasteiger partial charge in [-0.1, -0.05) is 6.92 Å². The molecule has 2 rings (SSSR count). The van der Waals surface area contributed by atoms with Crippen molar-refractivity contribution in [3.63, 3.8) is 0 Å². The van der Waals surface area contributed by atoms with Crippen LogP contribution in [-0.4, -0.2) is 47.6 Å². The fraction of sp³-hybridized carbons (Fsp3) is 0.833. The normalized spacial score (nSPS) is 28.1. The fourth-order valence-corrected chi connectivity index (χ4v) is 2.81. The Balaban J connectivity index is 2.10. The summed E-state index contributed by atoms with van der Waals surface area (Å²) in [7, 11) is 0. The van der Waals surface area contributed by atoms with Gasteiger partial charge in [-0.15, -0.1) is 0 Å². The maximum Gasteiger partial charge on any atom is 0.326 e. The van der Waals surface area contributed by atoms with Crippen molar-refractivity contribution in [1.29, 1.82) is 0 Å². The van der Waals surface area contributed by atoms with Crippen molar-refractivity contribution in [3.05, 3.63) is 0 Å². The summed E-state index contributed by atoms with van der Waals surface area (Å²) in [5, 5.41) is 12.3. The van der Waals surface area contributed by atoms with E-state index in [0.29, 0.717) is 13.0 Å². The van der Waals surface area contributed by atoms with Crippen LogP contribution in [0, 0.1) is 5.41 Å². The van der Waals surface area contributed by atoms with Gasteiger partial charge in [-0.05, 0) is 38.8 Å². The number of aliphatic carboxylic acids is 1. The van der Waals surface area contributed by atoms with Crippen LogP contribution in [0.3, 0.4) is 0 Å². The third kappa shape index (κ3) is 2.29. The van der Waals surface area contributed by atoms with Gasteiger partial charge in [-0.2, -0.15) is 0 Å². The van der Waals surface area contributed by atoms with Crippen LogP contribution in [0.15, 0.2) is 0 Å². The van der Waals surface area contributed by atoms with Crippen molar-refractivity contribution in [2.24, 2.45) is 5.41 Å². The van der Waals surface area contributed by atoms with Crippen molar-refractivity contribution in [2.45, 2.75) is 38.6 Å². The molecule has 0 saturated carbocycles. The van der Waals surface area contributed by atoms with Gasteiger partial charge >= 0.3 is 5.97 Å². The number of carbonyl (C=O) groups excluding carboxylic acids is 1. The zero-order valence-corrected chi connectivity index (χ0v) is 10.2. The van der Waals surface area contributed by atoms with Crippen LogP contribution in [0.5, 0.6) is 0 Å². The lowest BCUT2D eigenvalue weighted by Gasteiger charge is -2.37. The SMILES string of the molecule is CC1(C(=O)N2CCCC2C(=O)O)CCNCC1. The Labute approximate surface area is 101 Å². The van der Waals surface area contributed by atoms with Crippen LogP contribution in [0.2, 0.25) is 0 Å². The maximum absolute atomic E-state index is 12.5. The fourth-order valence-electron chi connectivity index (χ4n) is 2.81. The molecule has 1 unspecified atom stereocenters. The first kappa shape index (κ1) is 12.4. The second kappa shape index (κ2) is 4.64. The predicted molar refractivity (Wildman–Crippen MR) is 62.6 cm³/mol. The van der Waals surface area contributed by atoms with Crippen LogP contribution in [0.4, 0.5) is 0 Å². The average Bonchev–Trinajstić information content (AvgIpc) is 2.77. The summed E-state index contributed by atoms with van der Waals surface area (Å²) >= 11 is 0. The first-order valence-electron chi connectivity index (χ1n) is 6.29. The molecule has 2 N–H and O–H groups in total. The number of carboxylic acid groups (broad SMARTS) is 1. The molecule has 0 aromatic heterocycles. The summed E-state index contributed by atoms with van der Waals surface area (Å²) in [6.45, 7) is 4.24. The molecule has 2 aliphatic rings. The van der Waals surface area contributed by atoms with Gasteiger partial charge in [-0.25, -0.2) is 4.79 Å². The van der Waals surface area contributed by atoms with Gasteiger partial charge in [0.05, 0.1) is 0 Å². The van der Waals surface area contributed by atoms with Gasteiger partial charge < -0.3 is 15.3 Å². The Morgan fingerprint density at radius 3 is 2.59 bits per heavy atom. The van der Waals surface area contributed by atoms with Crippen molar-refractivity contribution < 1.29 is 14.7 Å². The van der Waals surface area contributed by atoms with E-state index in [1.807, 2.05) is 6.92 Å². The van der Waals surface area contributed by atoms with E-state index in [9.17, 15) is 9.59 Å². The Bertz CT molecular complexity index is 324. The van der Waals surface area contributed by atoms with Gasteiger partial charge in [0, 0.05) is 12.0 Å². The second-order valence-electron chi connectivity index (χ2n) is 5.31. The van der Waals surface area contributed by atoms with Crippen LogP contribution >= 0.6 is 0 Å². The molecular weight excluding hydrogens is 220 g/mol. The summed E-state index contributed by atoms with van der Waals surface area (Å²) in [6.07, 6.45) is 3.00. The lowest BCUT2D eigenvalue weighted by molar-refractivity contribution is -0.153. The molecule has 0 radical (unpaired) electrons. The van der Waals surface area contributed by atoms with E-state index in [2.05, 4.69) is 5.32 Å². The van der Waals surface area contributed by atoms with Gasteiger partial charge in [0.25, 0.3) is 0 Å². The molecular formula is C12H20N2O3. The molecule has 2 fully saturated rings. The van der Waals surface area contributed by atoms with E-state index in [0.717, 1.165) is 32.4 Å². The molecule has 5 heteroatoms. The number of carboxylic acids is 1. The molecule has 1 atom stereocenters. The largest absolute Gasteiger partial charge is 0.480 e. The Hall–Kier alpha value is -1.10. The molecule has 0 aromatic carbocycles. The molecule has 0 aliphatic carbocycles. The van der Waals surface area contributed by atoms with Crippen LogP contribution < -0.4 is 5.32 Å². The van der Waals surface area contributed by atoms with Crippen LogP contribution in [0.25, 0.3) is 0 Å². The monoisotopic (exact) mass is 240 g/mol. The summed E-state index contributed by atoms with van der Waals surface area (Å²) in [5.74, 6) is -0.836. The van der Waals surface area contributed by atoms with Crippen LogP contribution in [0.1, 0.15) is 32.6 Å². The standard InChI is InChI=1S/C12H20N2O3/c1-12(4-6-13-7-5-12)11(17)14-8-2-3-9(14)10(15)16/h9,13H,2-8H2,1H3,(H,15,16).